The highest BCUT2D eigenvalue weighted by Gasteiger charge is 2.29. The van der Waals surface area contributed by atoms with Gasteiger partial charge >= 0.3 is 0 Å². The number of amides is 1. The zero-order valence-corrected chi connectivity index (χ0v) is 13.1. The van der Waals surface area contributed by atoms with Gasteiger partial charge in [0.25, 0.3) is 0 Å². The van der Waals surface area contributed by atoms with Crippen molar-refractivity contribution in [2.75, 3.05) is 12.4 Å². The highest BCUT2D eigenvalue weighted by atomic mass is 16.2. The maximum absolute atomic E-state index is 11.8. The predicted molar refractivity (Wildman–Crippen MR) is 92.7 cm³/mol. The van der Waals surface area contributed by atoms with Crippen molar-refractivity contribution in [2.24, 2.45) is 5.92 Å². The fraction of sp³-hybridized carbons (Fsp3) is 0.278. The van der Waals surface area contributed by atoms with Crippen LogP contribution in [0.4, 0.5) is 5.82 Å². The predicted octanol–water partition coefficient (Wildman–Crippen LogP) is 2.88. The third-order valence-electron chi connectivity index (χ3n) is 3.83. The Morgan fingerprint density at radius 1 is 1.35 bits per heavy atom. The molecule has 0 aliphatic heterocycles. The van der Waals surface area contributed by atoms with Crippen molar-refractivity contribution < 1.29 is 4.79 Å². The number of fused-ring (bicyclic) bond motifs is 1. The van der Waals surface area contributed by atoms with Gasteiger partial charge in [-0.15, -0.1) is 0 Å². The van der Waals surface area contributed by atoms with Gasteiger partial charge in [0.2, 0.25) is 5.91 Å². The smallest absolute Gasteiger partial charge is 0.228 e. The van der Waals surface area contributed by atoms with Crippen molar-refractivity contribution in [1.82, 2.24) is 10.3 Å². The Labute approximate surface area is 135 Å². The zero-order valence-electron chi connectivity index (χ0n) is 13.1. The summed E-state index contributed by atoms with van der Waals surface area (Å²) in [7, 11) is 1.81. The number of hydrogen-bond acceptors (Lipinski definition) is 4. The van der Waals surface area contributed by atoms with Gasteiger partial charge in [0, 0.05) is 36.7 Å². The topological polar surface area (TPSA) is 77.9 Å². The summed E-state index contributed by atoms with van der Waals surface area (Å²) in [5, 5.41) is 15.7. The first-order valence-corrected chi connectivity index (χ1v) is 7.76. The molecule has 0 bridgehead atoms. The molecule has 5 heteroatoms. The molecule has 3 rings (SSSR count). The van der Waals surface area contributed by atoms with Crippen LogP contribution in [0.3, 0.4) is 0 Å². The number of rotatable bonds is 6. The van der Waals surface area contributed by atoms with Gasteiger partial charge in [0.15, 0.2) is 0 Å². The Morgan fingerprint density at radius 3 is 2.91 bits per heavy atom. The average Bonchev–Trinajstić information content (AvgIpc) is 3.38. The number of benzene rings is 1. The van der Waals surface area contributed by atoms with Crippen molar-refractivity contribution in [1.29, 1.82) is 5.41 Å². The van der Waals surface area contributed by atoms with Crippen LogP contribution in [0.15, 0.2) is 42.7 Å². The number of aromatic nitrogens is 1. The van der Waals surface area contributed by atoms with Crippen LogP contribution in [0.1, 0.15) is 18.4 Å². The molecule has 0 spiro atoms. The lowest BCUT2D eigenvalue weighted by atomic mass is 10.0. The molecule has 0 radical (unpaired) electrons. The van der Waals surface area contributed by atoms with Crippen LogP contribution in [0.25, 0.3) is 10.8 Å². The molecule has 1 fully saturated rings. The third-order valence-corrected chi connectivity index (χ3v) is 3.83. The van der Waals surface area contributed by atoms with Gasteiger partial charge in [-0.1, -0.05) is 12.1 Å². The van der Waals surface area contributed by atoms with Crippen LogP contribution in [-0.4, -0.2) is 23.7 Å². The minimum Gasteiger partial charge on any atom is -0.394 e. The van der Waals surface area contributed by atoms with Gasteiger partial charge in [-0.3, -0.25) is 4.79 Å². The minimum atomic E-state index is 0.0678. The summed E-state index contributed by atoms with van der Waals surface area (Å²) >= 11 is 0. The van der Waals surface area contributed by atoms with E-state index in [1.54, 1.807) is 18.5 Å². The van der Waals surface area contributed by atoms with Crippen molar-refractivity contribution in [3.63, 3.8) is 0 Å². The molecule has 5 nitrogen and oxygen atoms in total. The van der Waals surface area contributed by atoms with Gasteiger partial charge in [-0.2, -0.15) is 0 Å². The van der Waals surface area contributed by atoms with Gasteiger partial charge in [-0.25, -0.2) is 4.98 Å². The number of hydrogen-bond donors (Lipinski definition) is 3. The number of pyridine rings is 1. The molecular formula is C18H20N4O. The second-order valence-electron chi connectivity index (χ2n) is 5.84. The third kappa shape index (κ3) is 3.94. The lowest BCUT2D eigenvalue weighted by molar-refractivity contribution is -0.117. The first kappa shape index (κ1) is 15.2. The van der Waals surface area contributed by atoms with Crippen molar-refractivity contribution >= 4 is 28.2 Å². The van der Waals surface area contributed by atoms with E-state index in [0.29, 0.717) is 18.0 Å². The highest BCUT2D eigenvalue weighted by Crippen LogP contribution is 2.30. The van der Waals surface area contributed by atoms with Crippen LogP contribution >= 0.6 is 0 Å². The van der Waals surface area contributed by atoms with E-state index in [-0.39, 0.29) is 11.8 Å². The Kier molecular flexibility index (Phi) is 4.37. The van der Waals surface area contributed by atoms with Crippen molar-refractivity contribution in [3.05, 3.63) is 48.3 Å². The number of allylic oxidation sites excluding steroid dienone is 1. The normalized spacial score (nSPS) is 14.1. The first-order valence-electron chi connectivity index (χ1n) is 7.76. The average molecular weight is 308 g/mol. The summed E-state index contributed by atoms with van der Waals surface area (Å²) in [5.41, 5.74) is 1.61. The Morgan fingerprint density at radius 2 is 2.17 bits per heavy atom. The van der Waals surface area contributed by atoms with Crippen molar-refractivity contribution in [2.45, 2.75) is 19.3 Å². The first-order chi connectivity index (χ1) is 11.2. The van der Waals surface area contributed by atoms with Crippen LogP contribution in [0.2, 0.25) is 0 Å². The lowest BCUT2D eigenvalue weighted by Crippen LogP contribution is -2.14. The van der Waals surface area contributed by atoms with Crippen molar-refractivity contribution in [3.8, 4) is 0 Å². The molecule has 1 aromatic carbocycles. The SMILES string of the molecule is CN/C=C\C(=N)Cc1ccc2cc(NC(=O)C3CC3)ncc2c1. The van der Waals surface area contributed by atoms with Crippen LogP contribution in [0.5, 0.6) is 0 Å². The van der Waals surface area contributed by atoms with E-state index < -0.39 is 0 Å². The molecule has 1 heterocycles. The zero-order chi connectivity index (χ0) is 16.2. The van der Waals surface area contributed by atoms with Gasteiger partial charge in [0.1, 0.15) is 5.82 Å². The molecule has 1 aromatic heterocycles. The Balaban J connectivity index is 1.74. The van der Waals surface area contributed by atoms with E-state index in [1.165, 1.54) is 0 Å². The summed E-state index contributed by atoms with van der Waals surface area (Å²) in [6.45, 7) is 0. The number of carbonyl (C=O) groups excluding carboxylic acids is 1. The maximum Gasteiger partial charge on any atom is 0.228 e. The second-order valence-corrected chi connectivity index (χ2v) is 5.84. The fourth-order valence-electron chi connectivity index (χ4n) is 2.41. The summed E-state index contributed by atoms with van der Waals surface area (Å²) in [4.78, 5) is 16.1. The molecule has 1 amide bonds. The monoisotopic (exact) mass is 308 g/mol. The number of carbonyl (C=O) groups is 1. The van der Waals surface area contributed by atoms with E-state index >= 15 is 0 Å². The number of anilines is 1. The second kappa shape index (κ2) is 6.60. The summed E-state index contributed by atoms with van der Waals surface area (Å²) in [6.07, 6.45) is 7.81. The molecule has 1 saturated carbocycles. The molecule has 0 unspecified atom stereocenters. The summed E-state index contributed by atoms with van der Waals surface area (Å²) in [6, 6.07) is 7.95. The fourth-order valence-corrected chi connectivity index (χ4v) is 2.41. The van der Waals surface area contributed by atoms with Gasteiger partial charge in [-0.05, 0) is 48.2 Å². The largest absolute Gasteiger partial charge is 0.394 e. The molecule has 118 valence electrons. The molecule has 3 N–H and O–H groups in total. The van der Waals surface area contributed by atoms with E-state index in [0.717, 1.165) is 29.2 Å². The van der Waals surface area contributed by atoms with E-state index in [1.807, 2.05) is 31.3 Å². The van der Waals surface area contributed by atoms with E-state index in [9.17, 15) is 4.79 Å². The standard InChI is InChI=1S/C18H20N4O/c1-20-7-6-16(19)9-12-2-3-14-10-17(21-11-15(14)8-12)22-18(23)13-4-5-13/h2-3,6-8,10-11,13,19-20H,4-5,9H2,1H3,(H,21,22,23)/b7-6-,19-16?. The molecule has 0 saturated heterocycles. The molecule has 1 aliphatic rings. The van der Waals surface area contributed by atoms with Gasteiger partial charge < -0.3 is 16.0 Å². The Hall–Kier alpha value is -2.69. The van der Waals surface area contributed by atoms with Crippen LogP contribution < -0.4 is 10.6 Å². The molecular weight excluding hydrogens is 288 g/mol. The minimum absolute atomic E-state index is 0.0678. The number of nitrogens with zero attached hydrogens (tertiary/aromatic N) is 1. The van der Waals surface area contributed by atoms with E-state index in [4.69, 9.17) is 5.41 Å². The molecule has 2 aromatic rings. The maximum atomic E-state index is 11.8. The van der Waals surface area contributed by atoms with Crippen LogP contribution in [-0.2, 0) is 11.2 Å². The van der Waals surface area contributed by atoms with E-state index in [2.05, 4.69) is 15.6 Å². The quantitative estimate of drug-likeness (QED) is 0.718. The summed E-state index contributed by atoms with van der Waals surface area (Å²) < 4.78 is 0. The van der Waals surface area contributed by atoms with Crippen LogP contribution in [0, 0.1) is 11.3 Å². The lowest BCUT2D eigenvalue weighted by Gasteiger charge is -2.07. The molecule has 1 aliphatic carbocycles. The number of nitrogens with one attached hydrogen (secondary N) is 3. The Bertz CT molecular complexity index is 778. The summed E-state index contributed by atoms with van der Waals surface area (Å²) in [5.74, 6) is 0.844. The molecule has 0 atom stereocenters. The highest BCUT2D eigenvalue weighted by molar-refractivity contribution is 5.96. The van der Waals surface area contributed by atoms with Gasteiger partial charge in [0.05, 0.1) is 0 Å². The molecule has 23 heavy (non-hydrogen) atoms.